The van der Waals surface area contributed by atoms with Crippen LogP contribution in [0.2, 0.25) is 0 Å². The summed E-state index contributed by atoms with van der Waals surface area (Å²) in [5.74, 6) is 1.87. The first-order chi connectivity index (χ1) is 20.1. The molecule has 2 aromatic carbocycles. The molecule has 0 saturated carbocycles. The van der Waals surface area contributed by atoms with E-state index in [0.717, 1.165) is 40.1 Å². The van der Waals surface area contributed by atoms with Gasteiger partial charge in [0.05, 0.1) is 23.2 Å². The summed E-state index contributed by atoms with van der Waals surface area (Å²) in [6.07, 6.45) is 14.2. The lowest BCUT2D eigenvalue weighted by Crippen LogP contribution is -2.15. The first kappa shape index (κ1) is 30.2. The predicted octanol–water partition coefficient (Wildman–Crippen LogP) is 5.18. The topological polar surface area (TPSA) is 122 Å². The Kier molecular flexibility index (Phi) is 9.87. The number of anilines is 4. The van der Waals surface area contributed by atoms with Crippen LogP contribution in [-0.4, -0.2) is 54.2 Å². The predicted molar refractivity (Wildman–Crippen MR) is 170 cm³/mol. The maximum atomic E-state index is 12.2. The van der Waals surface area contributed by atoms with Gasteiger partial charge in [0.2, 0.25) is 17.8 Å². The second kappa shape index (κ2) is 13.7. The van der Waals surface area contributed by atoms with E-state index in [4.69, 9.17) is 0 Å². The Hall–Kier alpha value is -4.77. The molecule has 218 valence electrons. The molecule has 2 N–H and O–H groups in total. The van der Waals surface area contributed by atoms with Crippen molar-refractivity contribution in [3.05, 3.63) is 102 Å². The number of nitrogens with one attached hydrogen (secondary N) is 2. The molecule has 11 heteroatoms. The molecule has 0 atom stereocenters. The van der Waals surface area contributed by atoms with Gasteiger partial charge in [-0.15, -0.1) is 0 Å². The Balaban J connectivity index is 0.000000193. The lowest BCUT2D eigenvalue weighted by molar-refractivity contribution is -0.115. The van der Waals surface area contributed by atoms with Crippen LogP contribution in [0, 0.1) is 0 Å². The minimum Gasteiger partial charge on any atom is -0.363 e. The molecule has 0 aliphatic heterocycles. The molecule has 5 rings (SSSR count). The van der Waals surface area contributed by atoms with Gasteiger partial charge in [-0.2, -0.15) is 4.98 Å². The second-order valence-corrected chi connectivity index (χ2v) is 12.2. The molecule has 10 nitrogen and oxygen atoms in total. The van der Waals surface area contributed by atoms with Crippen LogP contribution in [0.1, 0.15) is 18.4 Å². The molecule has 1 amide bonds. The van der Waals surface area contributed by atoms with Crippen LogP contribution in [0.3, 0.4) is 0 Å². The van der Waals surface area contributed by atoms with Crippen LogP contribution in [0.25, 0.3) is 11.0 Å². The Morgan fingerprint density at radius 1 is 1.02 bits per heavy atom. The Labute approximate surface area is 246 Å². The Morgan fingerprint density at radius 3 is 2.50 bits per heavy atom. The van der Waals surface area contributed by atoms with E-state index in [2.05, 4.69) is 37.7 Å². The number of nitrogens with zero attached hydrogens (tertiary/aromatic N) is 5. The van der Waals surface area contributed by atoms with Crippen molar-refractivity contribution < 1.29 is 13.2 Å². The van der Waals surface area contributed by atoms with Crippen molar-refractivity contribution in [1.29, 1.82) is 0 Å². The summed E-state index contributed by atoms with van der Waals surface area (Å²) in [7, 11) is 2.70. The largest absolute Gasteiger partial charge is 0.363 e. The molecule has 0 spiro atoms. The highest BCUT2D eigenvalue weighted by Gasteiger charge is 2.11. The van der Waals surface area contributed by atoms with Crippen molar-refractivity contribution in [2.75, 3.05) is 35.9 Å². The van der Waals surface area contributed by atoms with Crippen LogP contribution in [0.15, 0.2) is 96.7 Å². The molecular weight excluding hydrogens is 550 g/mol. The van der Waals surface area contributed by atoms with E-state index < -0.39 is 9.84 Å². The van der Waals surface area contributed by atoms with Crippen molar-refractivity contribution in [3.63, 3.8) is 0 Å². The first-order valence-corrected chi connectivity index (χ1v) is 15.4. The van der Waals surface area contributed by atoms with Gasteiger partial charge in [-0.25, -0.2) is 18.4 Å². The summed E-state index contributed by atoms with van der Waals surface area (Å²) < 4.78 is 24.4. The monoisotopic (exact) mass is 585 g/mol. The van der Waals surface area contributed by atoms with Gasteiger partial charge in [-0.1, -0.05) is 54.6 Å². The number of hydrogen-bond donors (Lipinski definition) is 2. The number of fused-ring (bicyclic) bond motifs is 1. The molecular formula is C31H35N7O3S. The molecule has 42 heavy (non-hydrogen) atoms. The summed E-state index contributed by atoms with van der Waals surface area (Å²) in [6, 6.07) is 16.8. The van der Waals surface area contributed by atoms with E-state index in [1.165, 1.54) is 6.26 Å². The average molecular weight is 586 g/mol. The van der Waals surface area contributed by atoms with E-state index in [-0.39, 0.29) is 11.7 Å². The van der Waals surface area contributed by atoms with Crippen LogP contribution in [0.4, 0.5) is 23.4 Å². The highest BCUT2D eigenvalue weighted by molar-refractivity contribution is 7.89. The zero-order chi connectivity index (χ0) is 30.1. The first-order valence-electron chi connectivity index (χ1n) is 13.3. The fourth-order valence-corrected chi connectivity index (χ4v) is 4.93. The number of amides is 1. The van der Waals surface area contributed by atoms with E-state index >= 15 is 0 Å². The number of rotatable bonds is 8. The van der Waals surface area contributed by atoms with Crippen molar-refractivity contribution in [1.82, 2.24) is 19.5 Å². The van der Waals surface area contributed by atoms with Crippen molar-refractivity contribution in [2.45, 2.75) is 18.6 Å². The summed E-state index contributed by atoms with van der Waals surface area (Å²) in [5.41, 5.74) is 4.45. The Bertz CT molecular complexity index is 1740. The van der Waals surface area contributed by atoms with Crippen LogP contribution < -0.4 is 15.5 Å². The molecule has 1 aliphatic rings. The summed E-state index contributed by atoms with van der Waals surface area (Å²) >= 11 is 0. The molecule has 0 fully saturated rings. The molecule has 2 heterocycles. The Morgan fingerprint density at radius 2 is 1.79 bits per heavy atom. The molecule has 0 bridgehead atoms. The third-order valence-corrected chi connectivity index (χ3v) is 7.05. The third kappa shape index (κ3) is 8.87. The fourth-order valence-electron chi connectivity index (χ4n) is 4.13. The molecule has 4 aromatic rings. The smallest absolute Gasteiger partial charge is 0.231 e. The highest BCUT2D eigenvalue weighted by atomic mass is 32.2. The maximum absolute atomic E-state index is 12.2. The molecule has 0 radical (unpaired) electrons. The van der Waals surface area contributed by atoms with E-state index in [9.17, 15) is 13.2 Å². The third-order valence-electron chi connectivity index (χ3n) is 6.19. The summed E-state index contributed by atoms with van der Waals surface area (Å²) in [6.45, 7) is 0. The summed E-state index contributed by atoms with van der Waals surface area (Å²) in [5, 5.41) is 5.97. The zero-order valence-electron chi connectivity index (χ0n) is 24.2. The number of sulfone groups is 1. The van der Waals surface area contributed by atoms with Crippen molar-refractivity contribution in [2.24, 2.45) is 7.05 Å². The molecule has 0 unspecified atom stereocenters. The number of aromatic nitrogens is 4. The van der Waals surface area contributed by atoms with Crippen LogP contribution in [-0.2, 0) is 27.4 Å². The summed E-state index contributed by atoms with van der Waals surface area (Å²) in [4.78, 5) is 27.0. The number of benzene rings is 2. The van der Waals surface area contributed by atoms with Crippen molar-refractivity contribution >= 4 is 50.2 Å². The normalized spacial score (nSPS) is 12.6. The number of imidazole rings is 1. The molecule has 1 aliphatic carbocycles. The van der Waals surface area contributed by atoms with Gasteiger partial charge in [-0.05, 0) is 47.9 Å². The number of aryl methyl sites for hydroxylation is 1. The van der Waals surface area contributed by atoms with Crippen molar-refractivity contribution in [3.8, 4) is 0 Å². The van der Waals surface area contributed by atoms with E-state index in [1.54, 1.807) is 18.3 Å². The van der Waals surface area contributed by atoms with Gasteiger partial charge in [-0.3, -0.25) is 10.1 Å². The number of carbonyl (C=O) groups is 1. The van der Waals surface area contributed by atoms with Gasteiger partial charge in [0.25, 0.3) is 0 Å². The SMILES string of the molecule is CN(C)c1ccnc(Nc2ccc(CS(C)(=O)=O)cc2)n1.Cn1c(NC(=O)CC2=CC=CCC=C2)nc2ccccc21. The number of hydrogen-bond acceptors (Lipinski definition) is 8. The molecule has 2 aromatic heterocycles. The number of carbonyl (C=O) groups excluding carboxylic acids is 1. The minimum absolute atomic E-state index is 0.0416. The van der Waals surface area contributed by atoms with E-state index in [0.29, 0.717) is 18.3 Å². The van der Waals surface area contributed by atoms with E-state index in [1.807, 2.05) is 91.3 Å². The van der Waals surface area contributed by atoms with Gasteiger partial charge in [0.1, 0.15) is 5.82 Å². The second-order valence-electron chi connectivity index (χ2n) is 10.0. The minimum atomic E-state index is -3.01. The van der Waals surface area contributed by atoms with Crippen LogP contribution >= 0.6 is 0 Å². The zero-order valence-corrected chi connectivity index (χ0v) is 25.0. The lowest BCUT2D eigenvalue weighted by atomic mass is 10.1. The number of allylic oxidation sites excluding steroid dienone is 5. The molecule has 0 saturated heterocycles. The van der Waals surface area contributed by atoms with Gasteiger partial charge in [0, 0.05) is 39.3 Å². The fraction of sp³-hybridized carbons (Fsp3) is 0.226. The quantitative estimate of drug-likeness (QED) is 0.290. The number of para-hydroxylation sites is 2. The highest BCUT2D eigenvalue weighted by Crippen LogP contribution is 2.19. The lowest BCUT2D eigenvalue weighted by Gasteiger charge is -2.12. The average Bonchev–Trinajstić information content (AvgIpc) is 3.09. The standard InChI is InChI=1S/C17H17N3O.C14H18N4O2S/c1-20-15-11-7-6-10-14(15)18-17(20)19-16(21)12-13-8-4-2-3-5-9-13;1-18(2)13-8-9-15-14(17-13)16-12-6-4-11(5-7-12)10-21(3,19)20/h2,4-11H,3,12H2,1H3,(H,18,19,21);4-9H,10H2,1-3H3,(H,15,16,17). The van der Waals surface area contributed by atoms with Crippen LogP contribution in [0.5, 0.6) is 0 Å². The van der Waals surface area contributed by atoms with Gasteiger partial charge in [0.15, 0.2) is 9.84 Å². The van der Waals surface area contributed by atoms with Gasteiger partial charge < -0.3 is 14.8 Å². The maximum Gasteiger partial charge on any atom is 0.231 e. The van der Waals surface area contributed by atoms with Gasteiger partial charge >= 0.3 is 0 Å².